The van der Waals surface area contributed by atoms with E-state index in [1.165, 1.54) is 0 Å². The van der Waals surface area contributed by atoms with Gasteiger partial charge in [0.15, 0.2) is 0 Å². The average molecular weight is 1120 g/mol. The third-order valence-corrected chi connectivity index (χ3v) is 15.4. The maximum Gasteiger partial charge on any atom is 0.146 e. The molecule has 0 fully saturated rings. The molecule has 0 heterocycles. The maximum atomic E-state index is 12.0. The van der Waals surface area contributed by atoms with Crippen LogP contribution in [0.3, 0.4) is 0 Å². The highest BCUT2D eigenvalue weighted by molar-refractivity contribution is 5.86. The maximum absolute atomic E-state index is 12.0. The normalized spacial score (nSPS) is 10.6. The Bertz CT molecular complexity index is 2870. The van der Waals surface area contributed by atoms with Crippen LogP contribution in [0.4, 0.5) is 0 Å². The molecule has 0 saturated carbocycles. The Labute approximate surface area is 501 Å². The van der Waals surface area contributed by atoms with Crippen LogP contribution in [0.1, 0.15) is 190 Å². The van der Waals surface area contributed by atoms with E-state index >= 15 is 0 Å². The first-order valence-corrected chi connectivity index (χ1v) is 31.1. The van der Waals surface area contributed by atoms with Crippen LogP contribution in [-0.2, 0) is 38.5 Å². The fraction of sp³-hybridized carbons (Fsp3) is 0.385. The minimum Gasteiger partial charge on any atom is -0.505 e. The number of aromatic hydroxyl groups is 6. The highest BCUT2D eigenvalue weighted by Gasteiger charge is 2.10. The van der Waals surface area contributed by atoms with Gasteiger partial charge in [0.05, 0.1) is 64.6 Å². The predicted octanol–water partition coefficient (Wildman–Crippen LogP) is 19.9. The molecule has 6 N–H and O–H groups in total. The molecule has 0 aliphatic heterocycles. The average Bonchev–Trinajstić information content (AvgIpc) is 3.68. The second-order valence-corrected chi connectivity index (χ2v) is 22.5. The van der Waals surface area contributed by atoms with Crippen molar-refractivity contribution in [2.75, 3.05) is 0 Å². The van der Waals surface area contributed by atoms with E-state index in [1.54, 1.807) is 0 Å². The van der Waals surface area contributed by atoms with Crippen LogP contribution in [0.2, 0.25) is 0 Å². The van der Waals surface area contributed by atoms with Crippen LogP contribution in [0, 0.1) is 72.8 Å². The van der Waals surface area contributed by atoms with E-state index in [9.17, 15) is 30.6 Å². The number of benzene rings is 6. The molecule has 432 valence electrons. The van der Waals surface area contributed by atoms with Gasteiger partial charge in [-0.2, -0.15) is 0 Å². The lowest BCUT2D eigenvalue weighted by Crippen LogP contribution is -1.86. The number of unbranched alkanes of at least 4 members (excludes halogenated alkanes) is 12. The minimum atomic E-state index is -0.109. The lowest BCUT2D eigenvalue weighted by Gasteiger charge is -2.04. The van der Waals surface area contributed by atoms with Gasteiger partial charge in [0.1, 0.15) is 34.5 Å². The molecule has 84 heavy (non-hydrogen) atoms. The molecule has 7 aromatic rings. The van der Waals surface area contributed by atoms with E-state index in [2.05, 4.69) is 114 Å². The second-order valence-electron chi connectivity index (χ2n) is 22.5. The monoisotopic (exact) mass is 1120 g/mol. The Morgan fingerprint density at radius 2 is 0.298 bits per heavy atom. The van der Waals surface area contributed by atoms with Gasteiger partial charge in [0, 0.05) is 0 Å². The number of hydrogen-bond donors (Lipinski definition) is 6. The molecule has 0 spiro atoms. The smallest absolute Gasteiger partial charge is 0.146 e. The lowest BCUT2D eigenvalue weighted by atomic mass is 10.0. The first-order valence-electron chi connectivity index (χ1n) is 31.1. The Kier molecular flexibility index (Phi) is 24.3. The summed E-state index contributed by atoms with van der Waals surface area (Å²) in [6.45, 7) is 13.0. The van der Waals surface area contributed by atoms with Gasteiger partial charge in [-0.3, -0.25) is 0 Å². The van der Waals surface area contributed by atoms with Crippen molar-refractivity contribution in [2.24, 2.45) is 0 Å². The Hall–Kier alpha value is -8.52. The largest absolute Gasteiger partial charge is 0.505 e. The van der Waals surface area contributed by atoms with Gasteiger partial charge >= 0.3 is 0 Å². The van der Waals surface area contributed by atoms with Crippen molar-refractivity contribution >= 4 is 64.6 Å². The van der Waals surface area contributed by atoms with E-state index < -0.39 is 0 Å². The zero-order valence-corrected chi connectivity index (χ0v) is 50.6. The molecule has 6 nitrogen and oxygen atoms in total. The molecular formula is C78H84O6. The fourth-order valence-corrected chi connectivity index (χ4v) is 10.5. The zero-order chi connectivity index (χ0) is 59.8. The van der Waals surface area contributed by atoms with E-state index in [0.29, 0.717) is 64.6 Å². The van der Waals surface area contributed by atoms with Gasteiger partial charge in [-0.25, -0.2) is 0 Å². The molecule has 0 unspecified atom stereocenters. The Balaban J connectivity index is 1.63. The molecule has 7 aromatic carbocycles. The minimum absolute atomic E-state index is 0.109. The van der Waals surface area contributed by atoms with E-state index in [-0.39, 0.29) is 34.5 Å². The highest BCUT2D eigenvalue weighted by Crippen LogP contribution is 2.32. The van der Waals surface area contributed by atoms with Crippen LogP contribution in [0.5, 0.6) is 34.5 Å². The van der Waals surface area contributed by atoms with Crippen LogP contribution < -0.4 is 0 Å². The Morgan fingerprint density at radius 3 is 0.393 bits per heavy atom. The molecule has 0 atom stereocenters. The molecular weight excluding hydrogens is 1030 g/mol. The summed E-state index contributed by atoms with van der Waals surface area (Å²) in [6, 6.07) is 61.2. The van der Waals surface area contributed by atoms with Crippen LogP contribution in [-0.4, -0.2) is 30.6 Å². The third kappa shape index (κ3) is 17.7. The summed E-state index contributed by atoms with van der Waals surface area (Å²) < 4.78 is 0. The summed E-state index contributed by atoms with van der Waals surface area (Å²) in [5, 5.41) is 76.4. The third-order valence-electron chi connectivity index (χ3n) is 15.4. The van der Waals surface area contributed by atoms with Crippen LogP contribution >= 0.6 is 0 Å². The molecule has 12 bridgehead atoms. The quantitative estimate of drug-likeness (QED) is 0.0335. The SMILES string of the molecule is CCCCCc1cc2c#cc3cc(CCCCC)cc(c#cc4cc(CCCCC)cc(c#cc5cc(CCCCC)cc(c#cc6cc(CCCCC)cc(c#cc7cc(CCCCC)cc(c#cc(c1)c2O)c7O)c6O)c5O)c4O)c3O. The topological polar surface area (TPSA) is 121 Å². The molecule has 0 saturated heterocycles. The number of rotatable bonds is 24. The van der Waals surface area contributed by atoms with Crippen molar-refractivity contribution in [1.82, 2.24) is 0 Å². The summed E-state index contributed by atoms with van der Waals surface area (Å²) in [4.78, 5) is 0. The first kappa shape index (κ1) is 63.1. The summed E-state index contributed by atoms with van der Waals surface area (Å²) in [6.07, 6.45) is 22.4. The van der Waals surface area contributed by atoms with Crippen molar-refractivity contribution < 1.29 is 30.6 Å². The second kappa shape index (κ2) is 32.4. The van der Waals surface area contributed by atoms with Crippen molar-refractivity contribution in [1.29, 1.82) is 0 Å². The van der Waals surface area contributed by atoms with Gasteiger partial charge in [-0.05, 0) is 183 Å². The van der Waals surface area contributed by atoms with Gasteiger partial charge in [-0.1, -0.05) is 191 Å². The highest BCUT2D eigenvalue weighted by atomic mass is 16.3. The lowest BCUT2D eigenvalue weighted by molar-refractivity contribution is 0.485. The van der Waals surface area contributed by atoms with Crippen molar-refractivity contribution in [3.63, 3.8) is 0 Å². The number of fused-ring (bicyclic) bond motifs is 12. The molecule has 6 heteroatoms. The summed E-state index contributed by atoms with van der Waals surface area (Å²) in [5.74, 6) is -0.654. The van der Waals surface area contributed by atoms with Crippen LogP contribution in [0.15, 0.2) is 72.8 Å². The van der Waals surface area contributed by atoms with Crippen molar-refractivity contribution in [3.05, 3.63) is 179 Å². The summed E-state index contributed by atoms with van der Waals surface area (Å²) in [7, 11) is 0. The summed E-state index contributed by atoms with van der Waals surface area (Å²) >= 11 is 0. The first-order chi connectivity index (χ1) is 40.9. The number of phenolic OH excluding ortho intramolecular Hbond substituents is 6. The van der Waals surface area contributed by atoms with E-state index in [0.717, 1.165) is 187 Å². The van der Waals surface area contributed by atoms with Crippen molar-refractivity contribution in [2.45, 2.75) is 196 Å². The number of hydrogen-bond acceptors (Lipinski definition) is 6. The number of phenols is 6. The van der Waals surface area contributed by atoms with Gasteiger partial charge in [0.25, 0.3) is 0 Å². The zero-order valence-electron chi connectivity index (χ0n) is 50.6. The Morgan fingerprint density at radius 1 is 0.190 bits per heavy atom. The van der Waals surface area contributed by atoms with Gasteiger partial charge < -0.3 is 30.6 Å². The van der Waals surface area contributed by atoms with Crippen LogP contribution in [0.25, 0.3) is 64.6 Å². The van der Waals surface area contributed by atoms with Crippen molar-refractivity contribution in [3.8, 4) is 34.5 Å². The fourth-order valence-electron chi connectivity index (χ4n) is 10.5. The van der Waals surface area contributed by atoms with Gasteiger partial charge in [-0.15, -0.1) is 0 Å². The summed E-state index contributed by atoms with van der Waals surface area (Å²) in [5.41, 5.74) is 5.71. The molecule has 0 aliphatic rings. The predicted molar refractivity (Wildman–Crippen MR) is 346 cm³/mol. The molecule has 0 radical (unpaired) electrons. The molecule has 0 amide bonds. The van der Waals surface area contributed by atoms with E-state index in [4.69, 9.17) is 0 Å². The standard InChI is InChI=1S/C78H84O6/c1-7-13-19-25-55-43-61-31-33-63-45-56(26-20-14-8-2)47-65(74(63)80)35-37-67-49-58(28-22-16-10-4)51-69(76(67)82)39-41-71-53-60(30-24-18-12-6)54-72(78(71)84)42-40-70-52-59(29-23-17-11-5)50-68(77(70)83)38-36-66-48-57(27-21-15-9-3)46-64(75(66)81)34-32-62(44-55)73(61)79/h43-54,79-84H,7-30H2,1-6H3. The number of aryl methyl sites for hydroxylation is 6. The van der Waals surface area contributed by atoms with Gasteiger partial charge in [0.2, 0.25) is 0 Å². The molecule has 0 aliphatic carbocycles. The molecule has 7 rings (SSSR count). The van der Waals surface area contributed by atoms with E-state index in [1.807, 2.05) is 72.8 Å². The molecule has 0 aromatic heterocycles.